The predicted octanol–water partition coefficient (Wildman–Crippen LogP) is 2.82. The van der Waals surface area contributed by atoms with Gasteiger partial charge < -0.3 is 19.9 Å². The molecule has 1 aromatic heterocycles. The Morgan fingerprint density at radius 3 is 2.52 bits per heavy atom. The third kappa shape index (κ3) is 6.08. The van der Waals surface area contributed by atoms with Crippen molar-refractivity contribution in [2.24, 2.45) is 0 Å². The highest BCUT2D eigenvalue weighted by atomic mass is 16.5. The molecule has 4 rings (SSSR count). The van der Waals surface area contributed by atoms with Gasteiger partial charge in [0.1, 0.15) is 0 Å². The van der Waals surface area contributed by atoms with E-state index in [2.05, 4.69) is 15.3 Å². The Morgan fingerprint density at radius 1 is 1.06 bits per heavy atom. The number of likely N-dealkylation sites (N-methyl/N-ethyl adjacent to an activating group) is 1. The number of anilines is 2. The summed E-state index contributed by atoms with van der Waals surface area (Å²) in [5.74, 6) is -0.518. The fraction of sp³-hybridized carbons (Fsp3) is 0.240. The van der Waals surface area contributed by atoms with E-state index < -0.39 is 0 Å². The number of amides is 2. The fourth-order valence-electron chi connectivity index (χ4n) is 3.51. The zero-order valence-electron chi connectivity index (χ0n) is 18.6. The Morgan fingerprint density at radius 2 is 1.79 bits per heavy atom. The standard InChI is InChI=1S/C25H27N5O3/c1-28(25(32)12-7-20-17-26-30(18-20)23-5-3-2-4-6-23)19-24(31)27-21-8-10-22(11-9-21)29-13-15-33-16-14-29/h2-12,17-18H,13-16,19H2,1H3,(H,27,31)/b12-7+. The van der Waals surface area contributed by atoms with Crippen LogP contribution in [0.15, 0.2) is 73.1 Å². The number of hydrogen-bond donors (Lipinski definition) is 1. The van der Waals surface area contributed by atoms with E-state index in [1.165, 1.54) is 11.0 Å². The van der Waals surface area contributed by atoms with Crippen molar-refractivity contribution in [1.29, 1.82) is 0 Å². The molecule has 1 aliphatic heterocycles. The Hall–Kier alpha value is -3.91. The summed E-state index contributed by atoms with van der Waals surface area (Å²) in [4.78, 5) is 28.4. The van der Waals surface area contributed by atoms with Crippen LogP contribution in [-0.4, -0.2) is 66.4 Å². The maximum absolute atomic E-state index is 12.4. The van der Waals surface area contributed by atoms with Gasteiger partial charge in [-0.25, -0.2) is 4.68 Å². The number of para-hydroxylation sites is 1. The minimum atomic E-state index is -0.264. The van der Waals surface area contributed by atoms with Gasteiger partial charge in [0, 0.05) is 49.3 Å². The lowest BCUT2D eigenvalue weighted by Gasteiger charge is -2.28. The lowest BCUT2D eigenvalue weighted by Crippen LogP contribution is -2.36. The second-order valence-corrected chi connectivity index (χ2v) is 7.78. The van der Waals surface area contributed by atoms with Crippen LogP contribution in [0.2, 0.25) is 0 Å². The van der Waals surface area contributed by atoms with Crippen molar-refractivity contribution in [2.45, 2.75) is 0 Å². The summed E-state index contributed by atoms with van der Waals surface area (Å²) in [5.41, 5.74) is 3.53. The van der Waals surface area contributed by atoms with Crippen molar-refractivity contribution in [2.75, 3.05) is 50.1 Å². The van der Waals surface area contributed by atoms with Crippen molar-refractivity contribution in [3.8, 4) is 5.69 Å². The van der Waals surface area contributed by atoms with Crippen LogP contribution in [0.1, 0.15) is 5.56 Å². The molecule has 0 bridgehead atoms. The summed E-state index contributed by atoms with van der Waals surface area (Å²) >= 11 is 0. The van der Waals surface area contributed by atoms with Crippen LogP contribution in [0.25, 0.3) is 11.8 Å². The van der Waals surface area contributed by atoms with Crippen LogP contribution in [0.5, 0.6) is 0 Å². The first-order chi connectivity index (χ1) is 16.1. The minimum Gasteiger partial charge on any atom is -0.378 e. The molecule has 0 unspecified atom stereocenters. The lowest BCUT2D eigenvalue weighted by atomic mass is 10.2. The molecule has 33 heavy (non-hydrogen) atoms. The third-order valence-corrected chi connectivity index (χ3v) is 5.33. The molecule has 1 saturated heterocycles. The SMILES string of the molecule is CN(CC(=O)Nc1ccc(N2CCOCC2)cc1)C(=O)/C=C/c1cnn(-c2ccccc2)c1. The largest absolute Gasteiger partial charge is 0.378 e. The van der Waals surface area contributed by atoms with Gasteiger partial charge in [-0.05, 0) is 42.5 Å². The molecular weight excluding hydrogens is 418 g/mol. The summed E-state index contributed by atoms with van der Waals surface area (Å²) in [7, 11) is 1.60. The van der Waals surface area contributed by atoms with E-state index in [0.717, 1.165) is 43.2 Å². The van der Waals surface area contributed by atoms with Crippen LogP contribution >= 0.6 is 0 Å². The van der Waals surface area contributed by atoms with E-state index in [-0.39, 0.29) is 18.4 Å². The molecule has 0 spiro atoms. The van der Waals surface area contributed by atoms with E-state index in [0.29, 0.717) is 5.69 Å². The molecule has 1 aliphatic rings. The molecule has 2 aromatic carbocycles. The van der Waals surface area contributed by atoms with Crippen LogP contribution < -0.4 is 10.2 Å². The Bertz CT molecular complexity index is 1100. The van der Waals surface area contributed by atoms with Crippen molar-refractivity contribution in [3.05, 3.63) is 78.6 Å². The van der Waals surface area contributed by atoms with Gasteiger partial charge in [-0.2, -0.15) is 5.10 Å². The highest BCUT2D eigenvalue weighted by Crippen LogP contribution is 2.19. The molecule has 2 amide bonds. The maximum atomic E-state index is 12.4. The summed E-state index contributed by atoms with van der Waals surface area (Å²) < 4.78 is 7.12. The molecule has 2 heterocycles. The second-order valence-electron chi connectivity index (χ2n) is 7.78. The minimum absolute atomic E-state index is 0.0440. The van der Waals surface area contributed by atoms with Gasteiger partial charge in [0.2, 0.25) is 11.8 Å². The van der Waals surface area contributed by atoms with E-state index in [9.17, 15) is 9.59 Å². The Kier molecular flexibility index (Phi) is 7.16. The number of ether oxygens (including phenoxy) is 1. The van der Waals surface area contributed by atoms with Crippen molar-refractivity contribution >= 4 is 29.3 Å². The maximum Gasteiger partial charge on any atom is 0.246 e. The van der Waals surface area contributed by atoms with Gasteiger partial charge in [-0.3, -0.25) is 9.59 Å². The molecule has 170 valence electrons. The summed E-state index contributed by atoms with van der Waals surface area (Å²) in [5, 5.41) is 7.15. The van der Waals surface area contributed by atoms with Crippen molar-refractivity contribution in [1.82, 2.24) is 14.7 Å². The summed E-state index contributed by atoms with van der Waals surface area (Å²) in [6, 6.07) is 17.4. The number of rotatable bonds is 7. The second kappa shape index (κ2) is 10.6. The van der Waals surface area contributed by atoms with E-state index in [1.807, 2.05) is 60.8 Å². The molecule has 1 fully saturated rings. The molecule has 3 aromatic rings. The number of nitrogens with zero attached hydrogens (tertiary/aromatic N) is 4. The highest BCUT2D eigenvalue weighted by molar-refractivity contribution is 5.97. The first-order valence-corrected chi connectivity index (χ1v) is 10.8. The molecule has 0 aliphatic carbocycles. The van der Waals surface area contributed by atoms with Crippen molar-refractivity contribution < 1.29 is 14.3 Å². The predicted molar refractivity (Wildman–Crippen MR) is 128 cm³/mol. The van der Waals surface area contributed by atoms with Gasteiger partial charge >= 0.3 is 0 Å². The summed E-state index contributed by atoms with van der Waals surface area (Å²) in [6.07, 6.45) is 6.65. The monoisotopic (exact) mass is 445 g/mol. The average molecular weight is 446 g/mol. The number of morpholine rings is 1. The third-order valence-electron chi connectivity index (χ3n) is 5.33. The topological polar surface area (TPSA) is 79.7 Å². The quantitative estimate of drug-likeness (QED) is 0.566. The molecular formula is C25H27N5O3. The lowest BCUT2D eigenvalue weighted by molar-refractivity contribution is -0.129. The molecule has 1 N–H and O–H groups in total. The van der Waals surface area contributed by atoms with Gasteiger partial charge in [0.05, 0.1) is 31.6 Å². The Labute approximate surface area is 193 Å². The van der Waals surface area contributed by atoms with Crippen LogP contribution in [-0.2, 0) is 14.3 Å². The van der Waals surface area contributed by atoms with E-state index >= 15 is 0 Å². The Balaban J connectivity index is 1.27. The van der Waals surface area contributed by atoms with E-state index in [4.69, 9.17) is 4.74 Å². The van der Waals surface area contributed by atoms with Crippen LogP contribution in [0, 0.1) is 0 Å². The van der Waals surface area contributed by atoms with Gasteiger partial charge in [-0.15, -0.1) is 0 Å². The van der Waals surface area contributed by atoms with Gasteiger partial charge in [0.25, 0.3) is 0 Å². The smallest absolute Gasteiger partial charge is 0.246 e. The molecule has 0 atom stereocenters. The highest BCUT2D eigenvalue weighted by Gasteiger charge is 2.13. The van der Waals surface area contributed by atoms with Gasteiger partial charge in [-0.1, -0.05) is 18.2 Å². The zero-order chi connectivity index (χ0) is 23.0. The molecule has 8 nitrogen and oxygen atoms in total. The van der Waals surface area contributed by atoms with E-state index in [1.54, 1.807) is 24.0 Å². The number of carbonyl (C=O) groups is 2. The van der Waals surface area contributed by atoms with Gasteiger partial charge in [0.15, 0.2) is 0 Å². The number of benzene rings is 2. The molecule has 8 heteroatoms. The number of carbonyl (C=O) groups excluding carboxylic acids is 2. The zero-order valence-corrected chi connectivity index (χ0v) is 18.6. The number of hydrogen-bond acceptors (Lipinski definition) is 5. The van der Waals surface area contributed by atoms with Crippen molar-refractivity contribution in [3.63, 3.8) is 0 Å². The number of nitrogens with one attached hydrogen (secondary N) is 1. The number of aromatic nitrogens is 2. The first-order valence-electron chi connectivity index (χ1n) is 10.8. The fourth-order valence-corrected chi connectivity index (χ4v) is 3.51. The van der Waals surface area contributed by atoms with Crippen LogP contribution in [0.3, 0.4) is 0 Å². The normalized spacial score (nSPS) is 13.8. The van der Waals surface area contributed by atoms with Crippen LogP contribution in [0.4, 0.5) is 11.4 Å². The molecule has 0 radical (unpaired) electrons. The summed E-state index contributed by atoms with van der Waals surface area (Å²) in [6.45, 7) is 3.13. The average Bonchev–Trinajstić information content (AvgIpc) is 3.33. The first kappa shape index (κ1) is 22.3. The molecule has 0 saturated carbocycles.